The molecule has 3 N–H and O–H groups in total. The van der Waals surface area contributed by atoms with Gasteiger partial charge >= 0.3 is 5.97 Å². The standard InChI is InChI=1S/C67H129NO5/c1-3-5-7-9-11-13-15-17-18-19-20-21-23-26-29-32-36-39-43-47-51-55-59-65(70)64(63-69)68-66(71)60-56-52-48-44-40-37-33-30-27-24-22-25-28-31-34-38-42-46-50-54-58-62-73-67(72)61-57-53-49-45-41-35-16-14-12-10-8-6-4-2/h38,42,50,54,64-65,69-70H,3-37,39-41,43-49,51-53,55-63H2,1-2H3,(H,68,71)/b42-38-,54-50-. The summed E-state index contributed by atoms with van der Waals surface area (Å²) < 4.78 is 5.42. The zero-order chi connectivity index (χ0) is 52.9. The SMILES string of the molecule is CCCCCCCCCCCCCCCCCCCCCCCCC(O)C(CO)NC(=O)CCCCCCCCCCCCCCCC/C=C\C/C=C\CCOC(=O)CCCCCCCCCCCCCCC. The van der Waals surface area contributed by atoms with Gasteiger partial charge in [0.2, 0.25) is 5.91 Å². The first-order valence-electron chi connectivity index (χ1n) is 33.1. The lowest BCUT2D eigenvalue weighted by molar-refractivity contribution is -0.143. The van der Waals surface area contributed by atoms with Gasteiger partial charge in [-0.15, -0.1) is 0 Å². The van der Waals surface area contributed by atoms with Crippen LogP contribution in [0, 0.1) is 0 Å². The summed E-state index contributed by atoms with van der Waals surface area (Å²) in [5, 5.41) is 23.4. The van der Waals surface area contributed by atoms with E-state index in [1.54, 1.807) is 0 Å². The second kappa shape index (κ2) is 62.9. The van der Waals surface area contributed by atoms with Gasteiger partial charge in [0.25, 0.3) is 0 Å². The van der Waals surface area contributed by atoms with Crippen molar-refractivity contribution in [3.05, 3.63) is 24.3 Å². The Hall–Kier alpha value is -1.66. The molecule has 2 unspecified atom stereocenters. The number of esters is 1. The number of ether oxygens (including phenoxy) is 1. The fourth-order valence-corrected chi connectivity index (χ4v) is 10.5. The van der Waals surface area contributed by atoms with Gasteiger partial charge in [0.1, 0.15) is 0 Å². The smallest absolute Gasteiger partial charge is 0.305 e. The predicted molar refractivity (Wildman–Crippen MR) is 320 cm³/mol. The molecule has 6 nitrogen and oxygen atoms in total. The number of aliphatic hydroxyl groups is 2. The van der Waals surface area contributed by atoms with E-state index in [1.807, 2.05) is 0 Å². The molecule has 0 aliphatic rings. The normalized spacial score (nSPS) is 12.7. The van der Waals surface area contributed by atoms with Crippen LogP contribution in [-0.4, -0.2) is 47.4 Å². The Bertz CT molecular complexity index is 1140. The molecule has 0 saturated heterocycles. The molecule has 0 aliphatic heterocycles. The molecule has 0 radical (unpaired) electrons. The minimum atomic E-state index is -0.669. The van der Waals surface area contributed by atoms with Gasteiger partial charge in [-0.25, -0.2) is 0 Å². The Kier molecular flexibility index (Phi) is 61.4. The van der Waals surface area contributed by atoms with E-state index in [4.69, 9.17) is 4.74 Å². The van der Waals surface area contributed by atoms with Gasteiger partial charge in [0, 0.05) is 12.8 Å². The number of hydrogen-bond acceptors (Lipinski definition) is 5. The summed E-state index contributed by atoms with van der Waals surface area (Å²) in [4.78, 5) is 24.5. The summed E-state index contributed by atoms with van der Waals surface area (Å²) >= 11 is 0. The molecule has 0 aromatic rings. The summed E-state index contributed by atoms with van der Waals surface area (Å²) in [5.41, 5.74) is 0. The van der Waals surface area contributed by atoms with E-state index in [0.717, 1.165) is 51.4 Å². The number of carbonyl (C=O) groups is 2. The van der Waals surface area contributed by atoms with Crippen molar-refractivity contribution < 1.29 is 24.5 Å². The van der Waals surface area contributed by atoms with E-state index in [0.29, 0.717) is 25.9 Å². The highest BCUT2D eigenvalue weighted by Crippen LogP contribution is 2.19. The summed E-state index contributed by atoms with van der Waals surface area (Å²) in [6.45, 7) is 4.88. The van der Waals surface area contributed by atoms with Crippen LogP contribution < -0.4 is 5.32 Å². The molecule has 0 aromatic heterocycles. The van der Waals surface area contributed by atoms with Crippen LogP contribution in [0.4, 0.5) is 0 Å². The highest BCUT2D eigenvalue weighted by atomic mass is 16.5. The average Bonchev–Trinajstić information content (AvgIpc) is 3.39. The van der Waals surface area contributed by atoms with E-state index in [-0.39, 0.29) is 18.5 Å². The Balaban J connectivity index is 3.44. The van der Waals surface area contributed by atoms with Crippen molar-refractivity contribution in [2.24, 2.45) is 0 Å². The first-order valence-corrected chi connectivity index (χ1v) is 33.1. The molecule has 0 rings (SSSR count). The van der Waals surface area contributed by atoms with Crippen LogP contribution in [0.25, 0.3) is 0 Å². The molecule has 6 heteroatoms. The molecule has 1 amide bonds. The maximum atomic E-state index is 12.5. The first-order chi connectivity index (χ1) is 36.0. The van der Waals surface area contributed by atoms with E-state index >= 15 is 0 Å². The van der Waals surface area contributed by atoms with Crippen LogP contribution in [-0.2, 0) is 14.3 Å². The van der Waals surface area contributed by atoms with Crippen molar-refractivity contribution in [1.82, 2.24) is 5.32 Å². The second-order valence-electron chi connectivity index (χ2n) is 22.8. The minimum absolute atomic E-state index is 0.0329. The lowest BCUT2D eigenvalue weighted by atomic mass is 10.0. The van der Waals surface area contributed by atoms with Crippen molar-refractivity contribution in [1.29, 1.82) is 0 Å². The zero-order valence-corrected chi connectivity index (χ0v) is 49.4. The number of aliphatic hydroxyl groups excluding tert-OH is 2. The highest BCUT2D eigenvalue weighted by Gasteiger charge is 2.20. The Morgan fingerprint density at radius 2 is 0.685 bits per heavy atom. The van der Waals surface area contributed by atoms with Crippen LogP contribution in [0.1, 0.15) is 367 Å². The zero-order valence-electron chi connectivity index (χ0n) is 49.4. The molecule has 73 heavy (non-hydrogen) atoms. The number of hydrogen-bond donors (Lipinski definition) is 3. The van der Waals surface area contributed by atoms with Gasteiger partial charge < -0.3 is 20.3 Å². The van der Waals surface area contributed by atoms with Crippen molar-refractivity contribution in [3.63, 3.8) is 0 Å². The molecule has 0 bridgehead atoms. The number of nitrogens with one attached hydrogen (secondary N) is 1. The second-order valence-corrected chi connectivity index (χ2v) is 22.8. The van der Waals surface area contributed by atoms with E-state index in [1.165, 1.54) is 283 Å². The molecule has 0 heterocycles. The predicted octanol–water partition coefficient (Wildman–Crippen LogP) is 21.0. The Labute approximate surface area is 456 Å². The maximum Gasteiger partial charge on any atom is 0.305 e. The molecule has 0 spiro atoms. The summed E-state index contributed by atoms with van der Waals surface area (Å²) in [7, 11) is 0. The lowest BCUT2D eigenvalue weighted by Gasteiger charge is -2.22. The largest absolute Gasteiger partial charge is 0.465 e. The fourth-order valence-electron chi connectivity index (χ4n) is 10.5. The highest BCUT2D eigenvalue weighted by molar-refractivity contribution is 5.76. The van der Waals surface area contributed by atoms with Crippen LogP contribution in [0.2, 0.25) is 0 Å². The van der Waals surface area contributed by atoms with Gasteiger partial charge in [-0.3, -0.25) is 9.59 Å². The van der Waals surface area contributed by atoms with Crippen LogP contribution in [0.3, 0.4) is 0 Å². The van der Waals surface area contributed by atoms with Crippen LogP contribution >= 0.6 is 0 Å². The molecular formula is C67H129NO5. The number of carbonyl (C=O) groups excluding carboxylic acids is 2. The van der Waals surface area contributed by atoms with Crippen LogP contribution in [0.15, 0.2) is 24.3 Å². The van der Waals surface area contributed by atoms with Crippen molar-refractivity contribution in [3.8, 4) is 0 Å². The average molecular weight is 1030 g/mol. The quantitative estimate of drug-likeness (QED) is 0.0320. The monoisotopic (exact) mass is 1030 g/mol. The minimum Gasteiger partial charge on any atom is -0.465 e. The van der Waals surface area contributed by atoms with E-state index in [9.17, 15) is 19.8 Å². The summed E-state index contributed by atoms with van der Waals surface area (Å²) in [5.74, 6) is -0.0685. The molecular weight excluding hydrogens is 899 g/mol. The van der Waals surface area contributed by atoms with Gasteiger partial charge in [-0.05, 0) is 44.9 Å². The third-order valence-corrected chi connectivity index (χ3v) is 15.5. The van der Waals surface area contributed by atoms with Crippen molar-refractivity contribution in [2.75, 3.05) is 13.2 Å². The number of allylic oxidation sites excluding steroid dienone is 3. The molecule has 0 aliphatic carbocycles. The summed E-state index contributed by atoms with van der Waals surface area (Å²) in [6.07, 6.45) is 77.9. The van der Waals surface area contributed by atoms with Gasteiger partial charge in [0.05, 0.1) is 25.4 Å². The molecule has 2 atom stereocenters. The number of unbranched alkanes of at least 4 members (excludes halogenated alkanes) is 47. The maximum absolute atomic E-state index is 12.5. The fraction of sp³-hybridized carbons (Fsp3) is 0.910. The third kappa shape index (κ3) is 59.4. The Morgan fingerprint density at radius 3 is 1.04 bits per heavy atom. The Morgan fingerprint density at radius 1 is 0.384 bits per heavy atom. The van der Waals surface area contributed by atoms with Gasteiger partial charge in [0.15, 0.2) is 0 Å². The topological polar surface area (TPSA) is 95.9 Å². The molecule has 432 valence electrons. The molecule has 0 aromatic carbocycles. The lowest BCUT2D eigenvalue weighted by Crippen LogP contribution is -2.45. The van der Waals surface area contributed by atoms with Gasteiger partial charge in [-0.1, -0.05) is 334 Å². The summed E-state index contributed by atoms with van der Waals surface area (Å²) in [6, 6.07) is -0.546. The van der Waals surface area contributed by atoms with E-state index in [2.05, 4.69) is 43.5 Å². The van der Waals surface area contributed by atoms with E-state index < -0.39 is 12.1 Å². The van der Waals surface area contributed by atoms with Crippen molar-refractivity contribution in [2.45, 2.75) is 379 Å². The van der Waals surface area contributed by atoms with Crippen molar-refractivity contribution >= 4 is 11.9 Å². The number of rotatable bonds is 62. The third-order valence-electron chi connectivity index (χ3n) is 15.5. The first kappa shape index (κ1) is 71.3. The molecule has 0 fully saturated rings. The van der Waals surface area contributed by atoms with Crippen LogP contribution in [0.5, 0.6) is 0 Å². The number of amides is 1. The molecule has 0 saturated carbocycles. The van der Waals surface area contributed by atoms with Gasteiger partial charge in [-0.2, -0.15) is 0 Å².